The molecule has 0 saturated carbocycles. The minimum atomic E-state index is -0.837. The molecule has 3 rings (SSSR count). The molecular formula is C22H25NO5. The molecule has 1 aromatic carbocycles. The molecule has 2 heterocycles. The zero-order valence-electron chi connectivity index (χ0n) is 16.6. The number of Topliss-reactive ketones (excluding diaryl/α,β-unsaturated/α-hetero) is 1. The third-order valence-corrected chi connectivity index (χ3v) is 4.52. The molecule has 0 aliphatic carbocycles. The maximum absolute atomic E-state index is 13.1. The summed E-state index contributed by atoms with van der Waals surface area (Å²) in [7, 11) is 0. The molecule has 1 amide bonds. The first-order chi connectivity index (χ1) is 13.3. The summed E-state index contributed by atoms with van der Waals surface area (Å²) >= 11 is 0. The van der Waals surface area contributed by atoms with E-state index in [0.29, 0.717) is 23.8 Å². The molecule has 0 radical (unpaired) electrons. The average molecular weight is 383 g/mol. The number of amides is 1. The van der Waals surface area contributed by atoms with Crippen LogP contribution in [0.15, 0.2) is 58.4 Å². The third-order valence-electron chi connectivity index (χ3n) is 4.52. The molecule has 1 atom stereocenters. The van der Waals surface area contributed by atoms with Gasteiger partial charge in [0.25, 0.3) is 5.91 Å². The van der Waals surface area contributed by atoms with Crippen LogP contribution < -0.4 is 9.64 Å². The van der Waals surface area contributed by atoms with Crippen molar-refractivity contribution in [3.8, 4) is 5.75 Å². The molecule has 0 bridgehead atoms. The van der Waals surface area contributed by atoms with Gasteiger partial charge < -0.3 is 14.3 Å². The number of rotatable bonds is 6. The number of benzene rings is 1. The number of nitrogens with zero attached hydrogens (tertiary/aromatic N) is 1. The number of hydrogen-bond donors (Lipinski definition) is 1. The summed E-state index contributed by atoms with van der Waals surface area (Å²) in [6, 6.07) is 9.58. The molecule has 0 saturated heterocycles. The topological polar surface area (TPSA) is 80.0 Å². The van der Waals surface area contributed by atoms with Crippen LogP contribution >= 0.6 is 0 Å². The molecule has 28 heavy (non-hydrogen) atoms. The van der Waals surface area contributed by atoms with E-state index in [4.69, 9.17) is 9.15 Å². The predicted octanol–water partition coefficient (Wildman–Crippen LogP) is 4.58. The van der Waals surface area contributed by atoms with Crippen molar-refractivity contribution in [2.75, 3.05) is 11.5 Å². The SMILES string of the molecule is CCCOc1cccc(N2C(=O)C(O)=C(C(=O)C(C)(C)C)C2c2ccco2)c1. The van der Waals surface area contributed by atoms with Crippen LogP contribution in [0.4, 0.5) is 5.69 Å². The summed E-state index contributed by atoms with van der Waals surface area (Å²) in [6.07, 6.45) is 2.34. The molecule has 6 heteroatoms. The molecule has 148 valence electrons. The van der Waals surface area contributed by atoms with Crippen molar-refractivity contribution in [3.05, 3.63) is 59.8 Å². The lowest BCUT2D eigenvalue weighted by molar-refractivity contribution is -0.123. The minimum Gasteiger partial charge on any atom is -0.503 e. The third kappa shape index (κ3) is 3.54. The van der Waals surface area contributed by atoms with Gasteiger partial charge in [-0.3, -0.25) is 14.5 Å². The Morgan fingerprint density at radius 3 is 2.61 bits per heavy atom. The van der Waals surface area contributed by atoms with Crippen LogP contribution in [0.3, 0.4) is 0 Å². The second kappa shape index (κ2) is 7.54. The number of carbonyl (C=O) groups is 2. The second-order valence-corrected chi connectivity index (χ2v) is 7.78. The van der Waals surface area contributed by atoms with Gasteiger partial charge in [0.05, 0.1) is 18.4 Å². The molecule has 0 fully saturated rings. The van der Waals surface area contributed by atoms with Crippen LogP contribution in [0.5, 0.6) is 5.75 Å². The van der Waals surface area contributed by atoms with Crippen LogP contribution in [0.2, 0.25) is 0 Å². The maximum atomic E-state index is 13.1. The van der Waals surface area contributed by atoms with Gasteiger partial charge in [0.1, 0.15) is 17.6 Å². The van der Waals surface area contributed by atoms with Gasteiger partial charge in [0, 0.05) is 17.2 Å². The highest BCUT2D eigenvalue weighted by Crippen LogP contribution is 2.43. The molecule has 1 unspecified atom stereocenters. The Bertz CT molecular complexity index is 905. The fourth-order valence-electron chi connectivity index (χ4n) is 3.17. The lowest BCUT2D eigenvalue weighted by atomic mass is 9.83. The van der Waals surface area contributed by atoms with Crippen molar-refractivity contribution in [1.82, 2.24) is 0 Å². The Morgan fingerprint density at radius 2 is 2.00 bits per heavy atom. The Kier molecular flexibility index (Phi) is 5.31. The van der Waals surface area contributed by atoms with Gasteiger partial charge in [-0.25, -0.2) is 0 Å². The molecule has 1 aliphatic heterocycles. The fraction of sp³-hybridized carbons (Fsp3) is 0.364. The predicted molar refractivity (Wildman–Crippen MR) is 105 cm³/mol. The maximum Gasteiger partial charge on any atom is 0.294 e. The molecule has 1 N–H and O–H groups in total. The summed E-state index contributed by atoms with van der Waals surface area (Å²) in [5, 5.41) is 10.6. The smallest absolute Gasteiger partial charge is 0.294 e. The van der Waals surface area contributed by atoms with Gasteiger partial charge in [0.15, 0.2) is 11.5 Å². The number of aliphatic hydroxyl groups excluding tert-OH is 1. The van der Waals surface area contributed by atoms with Gasteiger partial charge in [-0.1, -0.05) is 33.8 Å². The lowest BCUT2D eigenvalue weighted by Gasteiger charge is -2.27. The van der Waals surface area contributed by atoms with Gasteiger partial charge in [-0.15, -0.1) is 0 Å². The average Bonchev–Trinajstić information content (AvgIpc) is 3.26. The Hall–Kier alpha value is -3.02. The Morgan fingerprint density at radius 1 is 1.25 bits per heavy atom. The van der Waals surface area contributed by atoms with Crippen LogP contribution in [0.1, 0.15) is 45.9 Å². The molecule has 1 aliphatic rings. The monoisotopic (exact) mass is 383 g/mol. The van der Waals surface area contributed by atoms with E-state index in [9.17, 15) is 14.7 Å². The van der Waals surface area contributed by atoms with Crippen LogP contribution in [-0.2, 0) is 9.59 Å². The summed E-state index contributed by atoms with van der Waals surface area (Å²) in [4.78, 5) is 27.4. The van der Waals surface area contributed by atoms with Crippen molar-refractivity contribution in [2.24, 2.45) is 5.41 Å². The number of anilines is 1. The molecule has 2 aromatic rings. The van der Waals surface area contributed by atoms with E-state index >= 15 is 0 Å². The lowest BCUT2D eigenvalue weighted by Crippen LogP contribution is -2.32. The summed E-state index contributed by atoms with van der Waals surface area (Å²) in [5.74, 6) is -0.464. The van der Waals surface area contributed by atoms with Crippen LogP contribution in [-0.4, -0.2) is 23.4 Å². The van der Waals surface area contributed by atoms with E-state index in [1.165, 1.54) is 11.2 Å². The van der Waals surface area contributed by atoms with Crippen molar-refractivity contribution in [1.29, 1.82) is 0 Å². The van der Waals surface area contributed by atoms with E-state index in [2.05, 4.69) is 0 Å². The Labute approximate surface area is 164 Å². The largest absolute Gasteiger partial charge is 0.503 e. The minimum absolute atomic E-state index is 0.0485. The zero-order valence-corrected chi connectivity index (χ0v) is 16.6. The number of ether oxygens (including phenoxy) is 1. The van der Waals surface area contributed by atoms with Crippen molar-refractivity contribution in [3.63, 3.8) is 0 Å². The second-order valence-electron chi connectivity index (χ2n) is 7.78. The first kappa shape index (κ1) is 19.7. The van der Waals surface area contributed by atoms with Gasteiger partial charge in [-0.05, 0) is 30.7 Å². The van der Waals surface area contributed by atoms with Crippen LogP contribution in [0.25, 0.3) is 0 Å². The number of furan rings is 1. The van der Waals surface area contributed by atoms with Gasteiger partial charge in [0.2, 0.25) is 0 Å². The van der Waals surface area contributed by atoms with E-state index < -0.39 is 23.1 Å². The normalized spacial score (nSPS) is 17.4. The number of aliphatic hydroxyl groups is 1. The molecular weight excluding hydrogens is 358 g/mol. The highest BCUT2D eigenvalue weighted by Gasteiger charge is 2.47. The van der Waals surface area contributed by atoms with Crippen LogP contribution in [0, 0.1) is 5.41 Å². The van der Waals surface area contributed by atoms with Gasteiger partial charge >= 0.3 is 0 Å². The van der Waals surface area contributed by atoms with Crippen molar-refractivity contribution < 1.29 is 23.8 Å². The highest BCUT2D eigenvalue weighted by atomic mass is 16.5. The zero-order chi connectivity index (χ0) is 20.5. The fourth-order valence-corrected chi connectivity index (χ4v) is 3.17. The quantitative estimate of drug-likeness (QED) is 0.789. The molecule has 6 nitrogen and oxygen atoms in total. The number of carbonyl (C=O) groups excluding carboxylic acids is 2. The molecule has 0 spiro atoms. The van der Waals surface area contributed by atoms with Crippen molar-refractivity contribution in [2.45, 2.75) is 40.2 Å². The highest BCUT2D eigenvalue weighted by molar-refractivity contribution is 6.17. The van der Waals surface area contributed by atoms with E-state index in [0.717, 1.165) is 6.42 Å². The first-order valence-corrected chi connectivity index (χ1v) is 9.33. The summed E-state index contributed by atoms with van der Waals surface area (Å²) in [5.41, 5.74) is -0.202. The summed E-state index contributed by atoms with van der Waals surface area (Å²) in [6.45, 7) is 7.81. The van der Waals surface area contributed by atoms with Gasteiger partial charge in [-0.2, -0.15) is 0 Å². The van der Waals surface area contributed by atoms with E-state index in [1.807, 2.05) is 6.92 Å². The van der Waals surface area contributed by atoms with Crippen molar-refractivity contribution >= 4 is 17.4 Å². The number of hydrogen-bond acceptors (Lipinski definition) is 5. The Balaban J connectivity index is 2.09. The summed E-state index contributed by atoms with van der Waals surface area (Å²) < 4.78 is 11.2. The molecule has 1 aromatic heterocycles. The van der Waals surface area contributed by atoms with E-state index in [-0.39, 0.29) is 11.4 Å². The first-order valence-electron chi connectivity index (χ1n) is 9.33. The van der Waals surface area contributed by atoms with E-state index in [1.54, 1.807) is 57.2 Å². The standard InChI is InChI=1S/C22H25NO5/c1-5-11-27-15-9-6-8-14(13-15)23-18(16-10-7-12-28-16)17(19(24)21(23)26)20(25)22(2,3)4/h6-10,12-13,18,24H,5,11H2,1-4H3. The number of ketones is 1.